The van der Waals surface area contributed by atoms with Gasteiger partial charge in [0.15, 0.2) is 5.15 Å². The molecule has 0 unspecified atom stereocenters. The van der Waals surface area contributed by atoms with E-state index in [1.165, 1.54) is 7.05 Å². The van der Waals surface area contributed by atoms with E-state index in [4.69, 9.17) is 11.6 Å². The van der Waals surface area contributed by atoms with Crippen LogP contribution in [0.5, 0.6) is 0 Å². The summed E-state index contributed by atoms with van der Waals surface area (Å²) >= 11 is 5.45. The van der Waals surface area contributed by atoms with Gasteiger partial charge in [-0.05, 0) is 7.05 Å². The van der Waals surface area contributed by atoms with Gasteiger partial charge in [0.1, 0.15) is 5.69 Å². The predicted molar refractivity (Wildman–Crippen MR) is 41.4 cm³/mol. The van der Waals surface area contributed by atoms with Gasteiger partial charge in [0.2, 0.25) is 0 Å². The molecule has 0 aliphatic carbocycles. The largest absolute Gasteiger partial charge is 0.433 e. The first-order valence-corrected chi connectivity index (χ1v) is 3.79. The van der Waals surface area contributed by atoms with Crippen LogP contribution in [0.1, 0.15) is 11.3 Å². The van der Waals surface area contributed by atoms with Crippen molar-refractivity contribution >= 4 is 11.6 Å². The third-order valence-corrected chi connectivity index (χ3v) is 1.77. The van der Waals surface area contributed by atoms with Gasteiger partial charge >= 0.3 is 6.18 Å². The molecule has 13 heavy (non-hydrogen) atoms. The van der Waals surface area contributed by atoms with E-state index in [2.05, 4.69) is 10.4 Å². The van der Waals surface area contributed by atoms with Crippen molar-refractivity contribution in [3.63, 3.8) is 0 Å². The number of aromatic nitrogens is 2. The molecule has 0 fully saturated rings. The molecule has 2 N–H and O–H groups in total. The highest BCUT2D eigenvalue weighted by Crippen LogP contribution is 2.32. The summed E-state index contributed by atoms with van der Waals surface area (Å²) in [4.78, 5) is 0. The van der Waals surface area contributed by atoms with Gasteiger partial charge in [0, 0.05) is 12.1 Å². The SMILES string of the molecule is CNCc1c(Cl)n[nH]c1C(F)(F)F. The van der Waals surface area contributed by atoms with Crippen LogP contribution in [-0.2, 0) is 12.7 Å². The molecule has 0 amide bonds. The average Bonchev–Trinajstić information content (AvgIpc) is 2.32. The van der Waals surface area contributed by atoms with Crippen molar-refractivity contribution in [2.75, 3.05) is 7.05 Å². The Labute approximate surface area is 77.3 Å². The summed E-state index contributed by atoms with van der Waals surface area (Å²) in [6.07, 6.45) is -4.44. The number of rotatable bonds is 2. The first-order valence-electron chi connectivity index (χ1n) is 3.41. The summed E-state index contributed by atoms with van der Waals surface area (Å²) < 4.78 is 36.7. The van der Waals surface area contributed by atoms with E-state index in [0.717, 1.165) is 0 Å². The number of hydrogen-bond acceptors (Lipinski definition) is 2. The summed E-state index contributed by atoms with van der Waals surface area (Å²) in [5.41, 5.74) is -0.955. The van der Waals surface area contributed by atoms with Crippen molar-refractivity contribution in [3.8, 4) is 0 Å². The molecule has 0 aliphatic heterocycles. The number of H-pyrrole nitrogens is 1. The zero-order chi connectivity index (χ0) is 10.1. The second-order valence-corrected chi connectivity index (χ2v) is 2.75. The molecule has 0 saturated carbocycles. The molecule has 0 radical (unpaired) electrons. The molecule has 0 bridgehead atoms. The lowest BCUT2D eigenvalue weighted by atomic mass is 10.2. The molecule has 0 aliphatic rings. The molecule has 0 spiro atoms. The summed E-state index contributed by atoms with van der Waals surface area (Å²) in [7, 11) is 1.53. The van der Waals surface area contributed by atoms with Crippen molar-refractivity contribution in [1.82, 2.24) is 15.5 Å². The molecule has 0 aromatic carbocycles. The zero-order valence-electron chi connectivity index (χ0n) is 6.67. The van der Waals surface area contributed by atoms with Crippen LogP contribution in [0.4, 0.5) is 13.2 Å². The molecule has 74 valence electrons. The normalized spacial score (nSPS) is 12.1. The van der Waals surface area contributed by atoms with Crippen molar-refractivity contribution in [3.05, 3.63) is 16.4 Å². The van der Waals surface area contributed by atoms with E-state index in [1.807, 2.05) is 5.10 Å². The Bertz CT molecular complexity index is 294. The topological polar surface area (TPSA) is 40.7 Å². The van der Waals surface area contributed by atoms with E-state index in [9.17, 15) is 13.2 Å². The van der Waals surface area contributed by atoms with Gasteiger partial charge in [0.25, 0.3) is 0 Å². The lowest BCUT2D eigenvalue weighted by molar-refractivity contribution is -0.141. The van der Waals surface area contributed by atoms with Crippen molar-refractivity contribution in [2.24, 2.45) is 0 Å². The Morgan fingerprint density at radius 2 is 2.15 bits per heavy atom. The molecule has 1 aromatic rings. The lowest BCUT2D eigenvalue weighted by Gasteiger charge is -2.06. The zero-order valence-corrected chi connectivity index (χ0v) is 7.42. The third-order valence-electron chi connectivity index (χ3n) is 1.45. The maximum atomic E-state index is 12.2. The van der Waals surface area contributed by atoms with Crippen LogP contribution in [0.15, 0.2) is 0 Å². The van der Waals surface area contributed by atoms with Gasteiger partial charge in [-0.2, -0.15) is 18.3 Å². The fourth-order valence-corrected chi connectivity index (χ4v) is 1.12. The Morgan fingerprint density at radius 1 is 1.54 bits per heavy atom. The molecule has 1 heterocycles. The molecule has 1 rings (SSSR count). The fraction of sp³-hybridized carbons (Fsp3) is 0.500. The Balaban J connectivity index is 3.07. The fourth-order valence-electron chi connectivity index (χ4n) is 0.916. The third kappa shape index (κ3) is 2.13. The van der Waals surface area contributed by atoms with Crippen molar-refractivity contribution < 1.29 is 13.2 Å². The summed E-state index contributed by atoms with van der Waals surface area (Å²) in [5.74, 6) is 0. The highest BCUT2D eigenvalue weighted by atomic mass is 35.5. The monoisotopic (exact) mass is 213 g/mol. The van der Waals surface area contributed by atoms with Crippen LogP contribution in [0.2, 0.25) is 5.15 Å². The standard InChI is InChI=1S/C6H7ClF3N3/c1-11-2-3-4(6(8,9)10)12-13-5(3)7/h11H,2H2,1H3,(H,12,13). The highest BCUT2D eigenvalue weighted by Gasteiger charge is 2.36. The number of nitrogens with zero attached hydrogens (tertiary/aromatic N) is 1. The predicted octanol–water partition coefficient (Wildman–Crippen LogP) is 1.80. The molecule has 7 heteroatoms. The minimum Gasteiger partial charge on any atom is -0.316 e. The number of hydrogen-bond donors (Lipinski definition) is 2. The molecular weight excluding hydrogens is 207 g/mol. The number of alkyl halides is 3. The minimum atomic E-state index is -4.44. The second-order valence-electron chi connectivity index (χ2n) is 2.40. The van der Waals surface area contributed by atoms with E-state index in [0.29, 0.717) is 0 Å². The van der Waals surface area contributed by atoms with Crippen molar-refractivity contribution in [1.29, 1.82) is 0 Å². The first kappa shape index (κ1) is 10.3. The first-order chi connectivity index (χ1) is 5.96. The van der Waals surface area contributed by atoms with Gasteiger partial charge in [-0.25, -0.2) is 0 Å². The molecule has 3 nitrogen and oxygen atoms in total. The maximum Gasteiger partial charge on any atom is 0.433 e. The van der Waals surface area contributed by atoms with Gasteiger partial charge in [-0.15, -0.1) is 0 Å². The highest BCUT2D eigenvalue weighted by molar-refractivity contribution is 6.30. The van der Waals surface area contributed by atoms with Gasteiger partial charge in [-0.3, -0.25) is 5.10 Å². The van der Waals surface area contributed by atoms with Crippen LogP contribution in [0.3, 0.4) is 0 Å². The van der Waals surface area contributed by atoms with Crippen molar-refractivity contribution in [2.45, 2.75) is 12.7 Å². The molecule has 0 atom stereocenters. The minimum absolute atomic E-state index is 0.0319. The van der Waals surface area contributed by atoms with E-state index in [-0.39, 0.29) is 17.3 Å². The van der Waals surface area contributed by atoms with Crippen LogP contribution in [0, 0.1) is 0 Å². The van der Waals surface area contributed by atoms with Gasteiger partial charge in [0.05, 0.1) is 0 Å². The Hall–Kier alpha value is -0.750. The molecule has 1 aromatic heterocycles. The van der Waals surface area contributed by atoms with Gasteiger partial charge in [-0.1, -0.05) is 11.6 Å². The average molecular weight is 214 g/mol. The summed E-state index contributed by atoms with van der Waals surface area (Å²) in [6, 6.07) is 0. The summed E-state index contributed by atoms with van der Waals surface area (Å²) in [6.45, 7) is 0.0319. The quantitative estimate of drug-likeness (QED) is 0.787. The summed E-state index contributed by atoms with van der Waals surface area (Å²) in [5, 5.41) is 7.56. The van der Waals surface area contributed by atoms with Crippen LogP contribution < -0.4 is 5.32 Å². The Morgan fingerprint density at radius 3 is 2.62 bits per heavy atom. The number of halogens is 4. The van der Waals surface area contributed by atoms with E-state index in [1.54, 1.807) is 0 Å². The van der Waals surface area contributed by atoms with Crippen LogP contribution in [0.25, 0.3) is 0 Å². The molecule has 0 saturated heterocycles. The second kappa shape index (κ2) is 3.55. The van der Waals surface area contributed by atoms with E-state index < -0.39 is 11.9 Å². The van der Waals surface area contributed by atoms with Gasteiger partial charge < -0.3 is 5.32 Å². The van der Waals surface area contributed by atoms with Crippen LogP contribution >= 0.6 is 11.6 Å². The van der Waals surface area contributed by atoms with E-state index >= 15 is 0 Å². The number of nitrogens with one attached hydrogen (secondary N) is 2. The number of aromatic amines is 1. The molecular formula is C6H7ClF3N3. The Kier molecular flexibility index (Phi) is 2.82. The maximum absolute atomic E-state index is 12.2. The lowest BCUT2D eigenvalue weighted by Crippen LogP contribution is -2.13. The van der Waals surface area contributed by atoms with Crippen LogP contribution in [-0.4, -0.2) is 17.2 Å². The smallest absolute Gasteiger partial charge is 0.316 e.